The quantitative estimate of drug-likeness (QED) is 0.424. The van der Waals surface area contributed by atoms with Crippen molar-refractivity contribution in [2.45, 2.75) is 26.3 Å². The number of anilines is 1. The predicted molar refractivity (Wildman–Crippen MR) is 137 cm³/mol. The van der Waals surface area contributed by atoms with Crippen molar-refractivity contribution in [3.63, 3.8) is 0 Å². The molecule has 2 aromatic heterocycles. The highest BCUT2D eigenvalue weighted by atomic mass is 35.5. The zero-order chi connectivity index (χ0) is 25.2. The molecule has 0 aliphatic carbocycles. The maximum absolute atomic E-state index is 13.1. The van der Waals surface area contributed by atoms with Gasteiger partial charge in [-0.1, -0.05) is 35.0 Å². The van der Waals surface area contributed by atoms with E-state index in [1.54, 1.807) is 21.5 Å². The second-order valence-corrected chi connectivity index (χ2v) is 9.43. The van der Waals surface area contributed by atoms with Crippen LogP contribution in [0, 0.1) is 12.8 Å². The molecule has 9 nitrogen and oxygen atoms in total. The van der Waals surface area contributed by atoms with E-state index in [1.807, 2.05) is 56.4 Å². The number of nitrogens with zero attached hydrogens (tertiary/aromatic N) is 5. The zero-order valence-corrected chi connectivity index (χ0v) is 20.9. The van der Waals surface area contributed by atoms with E-state index in [2.05, 4.69) is 20.4 Å². The van der Waals surface area contributed by atoms with E-state index >= 15 is 0 Å². The van der Waals surface area contributed by atoms with Crippen LogP contribution in [0.4, 0.5) is 5.69 Å². The molecule has 3 heterocycles. The predicted octanol–water partition coefficient (Wildman–Crippen LogP) is 4.04. The van der Waals surface area contributed by atoms with Gasteiger partial charge in [0, 0.05) is 23.6 Å². The van der Waals surface area contributed by atoms with Crippen molar-refractivity contribution < 1.29 is 9.32 Å². The Bertz CT molecular complexity index is 1420. The van der Waals surface area contributed by atoms with Crippen molar-refractivity contribution in [3.8, 4) is 17.1 Å². The summed E-state index contributed by atoms with van der Waals surface area (Å²) in [7, 11) is 1.81. The second kappa shape index (κ2) is 10.1. The molecule has 0 unspecified atom stereocenters. The fraction of sp³-hybridized carbons (Fsp3) is 0.308. The molecule has 0 saturated carbocycles. The minimum Gasteiger partial charge on any atom is -0.338 e. The van der Waals surface area contributed by atoms with Gasteiger partial charge in [0.1, 0.15) is 5.69 Å². The number of likely N-dealkylation sites (tertiary alicyclic amines) is 1. The SMILES string of the molecule is Cc1c(NC(=O)C2CCN(Cc3nc(-c4ccc(Cl)cc4)no3)CC2)c(=O)n(-c2ccccc2)n1C. The molecule has 1 N–H and O–H groups in total. The number of rotatable bonds is 6. The molecule has 1 fully saturated rings. The van der Waals surface area contributed by atoms with Crippen molar-refractivity contribution in [3.05, 3.63) is 81.6 Å². The molecule has 0 bridgehead atoms. The fourth-order valence-electron chi connectivity index (χ4n) is 4.52. The number of nitrogens with one attached hydrogen (secondary N) is 1. The Kier molecular flexibility index (Phi) is 6.75. The van der Waals surface area contributed by atoms with Crippen LogP contribution in [0.2, 0.25) is 5.02 Å². The number of hydrogen-bond acceptors (Lipinski definition) is 6. The second-order valence-electron chi connectivity index (χ2n) is 8.99. The van der Waals surface area contributed by atoms with E-state index in [0.29, 0.717) is 47.5 Å². The van der Waals surface area contributed by atoms with Crippen molar-refractivity contribution in [2.24, 2.45) is 13.0 Å². The van der Waals surface area contributed by atoms with Crippen molar-refractivity contribution in [2.75, 3.05) is 18.4 Å². The van der Waals surface area contributed by atoms with Gasteiger partial charge in [-0.2, -0.15) is 4.98 Å². The first-order valence-corrected chi connectivity index (χ1v) is 12.2. The Balaban J connectivity index is 1.19. The van der Waals surface area contributed by atoms with Gasteiger partial charge >= 0.3 is 0 Å². The van der Waals surface area contributed by atoms with Gasteiger partial charge < -0.3 is 9.84 Å². The number of hydrogen-bond donors (Lipinski definition) is 1. The first-order valence-electron chi connectivity index (χ1n) is 11.9. The lowest BCUT2D eigenvalue weighted by Gasteiger charge is -2.30. The smallest absolute Gasteiger partial charge is 0.295 e. The Morgan fingerprint density at radius 2 is 1.81 bits per heavy atom. The van der Waals surface area contributed by atoms with Gasteiger partial charge in [0.2, 0.25) is 17.6 Å². The van der Waals surface area contributed by atoms with Crippen molar-refractivity contribution in [1.82, 2.24) is 24.4 Å². The van der Waals surface area contributed by atoms with E-state index in [0.717, 1.165) is 24.3 Å². The van der Waals surface area contributed by atoms with Gasteiger partial charge in [-0.3, -0.25) is 19.2 Å². The summed E-state index contributed by atoms with van der Waals surface area (Å²) < 4.78 is 8.76. The van der Waals surface area contributed by atoms with Gasteiger partial charge in [-0.05, 0) is 69.3 Å². The molecule has 1 amide bonds. The number of amides is 1. The lowest BCUT2D eigenvalue weighted by Crippen LogP contribution is -2.38. The van der Waals surface area contributed by atoms with Crippen molar-refractivity contribution >= 4 is 23.2 Å². The lowest BCUT2D eigenvalue weighted by molar-refractivity contribution is -0.121. The fourth-order valence-corrected chi connectivity index (χ4v) is 4.64. The lowest BCUT2D eigenvalue weighted by atomic mass is 9.96. The minimum absolute atomic E-state index is 0.122. The number of aromatic nitrogens is 4. The molecule has 2 aromatic carbocycles. The number of carbonyl (C=O) groups excluding carboxylic acids is 1. The first kappa shape index (κ1) is 24.0. The number of carbonyl (C=O) groups is 1. The topological polar surface area (TPSA) is 98.2 Å². The molecular formula is C26H27ClN6O3. The van der Waals surface area contributed by atoms with Crippen molar-refractivity contribution in [1.29, 1.82) is 0 Å². The highest BCUT2D eigenvalue weighted by Gasteiger charge is 2.28. The number of halogens is 1. The summed E-state index contributed by atoms with van der Waals surface area (Å²) in [5.41, 5.74) is 2.39. The number of piperidine rings is 1. The third-order valence-corrected chi connectivity index (χ3v) is 6.94. The first-order chi connectivity index (χ1) is 17.4. The molecule has 10 heteroatoms. The molecule has 0 spiro atoms. The summed E-state index contributed by atoms with van der Waals surface area (Å²) in [5, 5.41) is 7.62. The molecule has 0 radical (unpaired) electrons. The molecule has 1 saturated heterocycles. The van der Waals surface area contributed by atoms with Crippen LogP contribution in [0.1, 0.15) is 24.4 Å². The number of benzene rings is 2. The Hall–Kier alpha value is -3.69. The standard InChI is InChI=1S/C26H27ClN6O3/c1-17-23(26(35)33(31(17)2)21-6-4-3-5-7-21)29-25(34)19-12-14-32(15-13-19)16-22-28-24(30-36-22)18-8-10-20(27)11-9-18/h3-11,19H,12-16H2,1-2H3,(H,29,34). The Morgan fingerprint density at radius 1 is 1.11 bits per heavy atom. The van der Waals surface area contributed by atoms with Gasteiger partial charge in [-0.25, -0.2) is 4.68 Å². The summed E-state index contributed by atoms with van der Waals surface area (Å²) >= 11 is 5.94. The van der Waals surface area contributed by atoms with Crippen LogP contribution < -0.4 is 10.9 Å². The highest BCUT2D eigenvalue weighted by molar-refractivity contribution is 6.30. The van der Waals surface area contributed by atoms with Crippen LogP contribution in [0.3, 0.4) is 0 Å². The largest absolute Gasteiger partial charge is 0.338 e. The maximum Gasteiger partial charge on any atom is 0.295 e. The van der Waals surface area contributed by atoms with E-state index in [4.69, 9.17) is 16.1 Å². The zero-order valence-electron chi connectivity index (χ0n) is 20.1. The minimum atomic E-state index is -0.236. The monoisotopic (exact) mass is 506 g/mol. The van der Waals surface area contributed by atoms with Crippen LogP contribution in [0.25, 0.3) is 17.1 Å². The Morgan fingerprint density at radius 3 is 2.50 bits per heavy atom. The average Bonchev–Trinajstić information content (AvgIpc) is 3.44. The average molecular weight is 507 g/mol. The third-order valence-electron chi connectivity index (χ3n) is 6.69. The van der Waals surface area contributed by atoms with E-state index in [-0.39, 0.29) is 17.4 Å². The molecule has 1 aliphatic heterocycles. The maximum atomic E-state index is 13.1. The molecule has 5 rings (SSSR count). The summed E-state index contributed by atoms with van der Waals surface area (Å²) in [6.45, 7) is 3.80. The van der Waals surface area contributed by atoms with Gasteiger partial charge in [0.15, 0.2) is 0 Å². The van der Waals surface area contributed by atoms with Gasteiger partial charge in [-0.15, -0.1) is 0 Å². The van der Waals surface area contributed by atoms with Crippen LogP contribution in [-0.2, 0) is 18.4 Å². The molecular weight excluding hydrogens is 480 g/mol. The normalized spacial score (nSPS) is 14.8. The third kappa shape index (κ3) is 4.84. The molecule has 186 valence electrons. The van der Waals surface area contributed by atoms with Gasteiger partial charge in [0.05, 0.1) is 17.9 Å². The molecule has 36 heavy (non-hydrogen) atoms. The van der Waals surface area contributed by atoms with E-state index in [9.17, 15) is 9.59 Å². The Labute approximate surface area is 213 Å². The van der Waals surface area contributed by atoms with Crippen LogP contribution in [0.5, 0.6) is 0 Å². The summed E-state index contributed by atoms with van der Waals surface area (Å²) in [5.74, 6) is 0.765. The summed E-state index contributed by atoms with van der Waals surface area (Å²) in [6.07, 6.45) is 1.37. The number of para-hydroxylation sites is 1. The molecule has 4 aromatic rings. The van der Waals surface area contributed by atoms with Crippen LogP contribution in [-0.4, -0.2) is 43.4 Å². The summed E-state index contributed by atoms with van der Waals surface area (Å²) in [4.78, 5) is 32.8. The van der Waals surface area contributed by atoms with Crippen LogP contribution >= 0.6 is 11.6 Å². The van der Waals surface area contributed by atoms with E-state index in [1.165, 1.54) is 0 Å². The summed E-state index contributed by atoms with van der Waals surface area (Å²) in [6, 6.07) is 16.7. The van der Waals surface area contributed by atoms with Gasteiger partial charge in [0.25, 0.3) is 5.56 Å². The molecule has 1 aliphatic rings. The molecule has 0 atom stereocenters. The highest BCUT2D eigenvalue weighted by Crippen LogP contribution is 2.23. The van der Waals surface area contributed by atoms with Crippen LogP contribution in [0.15, 0.2) is 63.9 Å². The van der Waals surface area contributed by atoms with E-state index < -0.39 is 0 Å².